The number of carbonyl (C=O) groups is 1. The fourth-order valence-electron chi connectivity index (χ4n) is 3.17. The largest absolute Gasteiger partial charge is 0.323 e. The minimum absolute atomic E-state index is 0.0597. The van der Waals surface area contributed by atoms with E-state index in [9.17, 15) is 17.6 Å². The van der Waals surface area contributed by atoms with Gasteiger partial charge in [0.05, 0.1) is 10.6 Å². The third-order valence-electron chi connectivity index (χ3n) is 4.73. The number of anilines is 3. The van der Waals surface area contributed by atoms with Crippen molar-refractivity contribution in [2.24, 2.45) is 0 Å². The van der Waals surface area contributed by atoms with Crippen molar-refractivity contribution in [3.63, 3.8) is 0 Å². The van der Waals surface area contributed by atoms with E-state index in [-0.39, 0.29) is 10.7 Å². The molecule has 0 atom stereocenters. The van der Waals surface area contributed by atoms with Crippen LogP contribution in [-0.2, 0) is 10.0 Å². The zero-order valence-corrected chi connectivity index (χ0v) is 18.1. The highest BCUT2D eigenvalue weighted by Crippen LogP contribution is 2.25. The van der Waals surface area contributed by atoms with E-state index in [2.05, 4.69) is 15.4 Å². The Morgan fingerprint density at radius 3 is 2.03 bits per heavy atom. The van der Waals surface area contributed by atoms with Crippen molar-refractivity contribution < 1.29 is 17.6 Å². The maximum atomic E-state index is 13.2. The molecule has 0 aliphatic carbocycles. The molecule has 0 bridgehead atoms. The predicted octanol–water partition coefficient (Wildman–Crippen LogP) is 5.94. The maximum absolute atomic E-state index is 13.2. The van der Waals surface area contributed by atoms with E-state index < -0.39 is 16.1 Å². The first-order valence-electron chi connectivity index (χ1n) is 10.0. The molecular weight excluding hydrogens is 441 g/mol. The Bertz CT molecular complexity index is 1380. The average molecular weight is 462 g/mol. The van der Waals surface area contributed by atoms with Gasteiger partial charge in [0, 0.05) is 11.4 Å². The van der Waals surface area contributed by atoms with Crippen molar-refractivity contribution >= 4 is 33.1 Å². The van der Waals surface area contributed by atoms with Crippen molar-refractivity contribution in [3.8, 4) is 11.1 Å². The molecule has 8 heteroatoms. The summed E-state index contributed by atoms with van der Waals surface area (Å²) in [5.74, 6) is -0.366. The molecule has 3 N–H and O–H groups in total. The van der Waals surface area contributed by atoms with Crippen LogP contribution in [0.1, 0.15) is 0 Å². The van der Waals surface area contributed by atoms with E-state index >= 15 is 0 Å². The lowest BCUT2D eigenvalue weighted by molar-refractivity contribution is 0.262. The fourth-order valence-corrected chi connectivity index (χ4v) is 4.27. The Morgan fingerprint density at radius 1 is 0.636 bits per heavy atom. The van der Waals surface area contributed by atoms with Crippen LogP contribution in [-0.4, -0.2) is 14.4 Å². The number of amides is 2. The lowest BCUT2D eigenvalue weighted by atomic mass is 10.1. The van der Waals surface area contributed by atoms with Crippen molar-refractivity contribution in [2.45, 2.75) is 4.90 Å². The van der Waals surface area contributed by atoms with Gasteiger partial charge in [0.25, 0.3) is 10.0 Å². The summed E-state index contributed by atoms with van der Waals surface area (Å²) in [4.78, 5) is 12.3. The van der Waals surface area contributed by atoms with E-state index in [1.807, 2.05) is 6.07 Å². The molecule has 0 aromatic heterocycles. The molecule has 33 heavy (non-hydrogen) atoms. The first-order valence-corrected chi connectivity index (χ1v) is 11.5. The molecule has 2 amide bonds. The molecule has 0 heterocycles. The maximum Gasteiger partial charge on any atom is 0.323 e. The van der Waals surface area contributed by atoms with Crippen molar-refractivity contribution in [3.05, 3.63) is 109 Å². The Labute approximate surface area is 191 Å². The van der Waals surface area contributed by atoms with Crippen LogP contribution < -0.4 is 15.4 Å². The number of hydrogen-bond donors (Lipinski definition) is 3. The van der Waals surface area contributed by atoms with Crippen LogP contribution in [0, 0.1) is 5.82 Å². The molecule has 0 fully saturated rings. The van der Waals surface area contributed by atoms with Crippen LogP contribution >= 0.6 is 0 Å². The summed E-state index contributed by atoms with van der Waals surface area (Å²) < 4.78 is 41.6. The number of rotatable bonds is 6. The quantitative estimate of drug-likeness (QED) is 0.332. The van der Waals surface area contributed by atoms with Gasteiger partial charge in [0.2, 0.25) is 0 Å². The Kier molecular flexibility index (Phi) is 6.37. The van der Waals surface area contributed by atoms with Crippen molar-refractivity contribution in [1.82, 2.24) is 0 Å². The number of sulfonamides is 1. The predicted molar refractivity (Wildman–Crippen MR) is 128 cm³/mol. The van der Waals surface area contributed by atoms with Crippen LogP contribution in [0.15, 0.2) is 108 Å². The molecule has 4 rings (SSSR count). The number of benzene rings is 4. The molecule has 0 aliphatic heterocycles. The summed E-state index contributed by atoms with van der Waals surface area (Å²) in [6.45, 7) is 0. The fraction of sp³-hybridized carbons (Fsp3) is 0. The van der Waals surface area contributed by atoms with Crippen LogP contribution in [0.3, 0.4) is 0 Å². The monoisotopic (exact) mass is 461 g/mol. The third-order valence-corrected chi connectivity index (χ3v) is 6.11. The summed E-state index contributed by atoms with van der Waals surface area (Å²) in [6, 6.07) is 27.1. The van der Waals surface area contributed by atoms with E-state index in [0.29, 0.717) is 28.2 Å². The third kappa shape index (κ3) is 5.75. The van der Waals surface area contributed by atoms with Crippen LogP contribution in [0.25, 0.3) is 11.1 Å². The lowest BCUT2D eigenvalue weighted by Crippen LogP contribution is -2.19. The van der Waals surface area contributed by atoms with Gasteiger partial charge in [0.1, 0.15) is 5.82 Å². The molecule has 4 aromatic rings. The molecule has 0 unspecified atom stereocenters. The molecule has 0 aliphatic rings. The smallest absolute Gasteiger partial charge is 0.308 e. The molecule has 0 spiro atoms. The summed E-state index contributed by atoms with van der Waals surface area (Å²) in [5.41, 5.74) is 2.69. The average Bonchev–Trinajstić information content (AvgIpc) is 2.80. The van der Waals surface area contributed by atoms with Crippen molar-refractivity contribution in [1.29, 1.82) is 0 Å². The van der Waals surface area contributed by atoms with Gasteiger partial charge in [-0.2, -0.15) is 0 Å². The molecule has 166 valence electrons. The molecule has 6 nitrogen and oxygen atoms in total. The first-order chi connectivity index (χ1) is 15.9. The van der Waals surface area contributed by atoms with Gasteiger partial charge in [-0.3, -0.25) is 4.72 Å². The lowest BCUT2D eigenvalue weighted by Gasteiger charge is -2.12. The minimum Gasteiger partial charge on any atom is -0.308 e. The Hall–Kier alpha value is -4.17. The van der Waals surface area contributed by atoms with Gasteiger partial charge < -0.3 is 10.6 Å². The van der Waals surface area contributed by atoms with E-state index in [0.717, 1.165) is 0 Å². The van der Waals surface area contributed by atoms with Gasteiger partial charge >= 0.3 is 6.03 Å². The van der Waals surface area contributed by atoms with Crippen LogP contribution in [0.2, 0.25) is 0 Å². The molecular formula is C25H20FN3O3S. The number of urea groups is 1. The second kappa shape index (κ2) is 9.54. The van der Waals surface area contributed by atoms with Crippen molar-refractivity contribution in [2.75, 3.05) is 15.4 Å². The minimum atomic E-state index is -3.90. The summed E-state index contributed by atoms with van der Waals surface area (Å²) in [5, 5.41) is 5.37. The SMILES string of the molecule is O=C(Nc1ccccc1)Nc1cccc(NS(=O)(=O)c2cccc(-c3ccc(F)cc3)c2)c1. The summed E-state index contributed by atoms with van der Waals surface area (Å²) in [6.07, 6.45) is 0. The van der Waals surface area contributed by atoms with Crippen LogP contribution in [0.4, 0.5) is 26.2 Å². The van der Waals surface area contributed by atoms with E-state index in [1.54, 1.807) is 66.7 Å². The molecule has 4 aromatic carbocycles. The number of carbonyl (C=O) groups excluding carboxylic acids is 1. The molecule has 0 saturated heterocycles. The highest BCUT2D eigenvalue weighted by Gasteiger charge is 2.16. The normalized spacial score (nSPS) is 10.9. The second-order valence-electron chi connectivity index (χ2n) is 7.17. The van der Waals surface area contributed by atoms with E-state index in [4.69, 9.17) is 0 Å². The number of nitrogens with one attached hydrogen (secondary N) is 3. The second-order valence-corrected chi connectivity index (χ2v) is 8.85. The highest BCUT2D eigenvalue weighted by atomic mass is 32.2. The van der Waals surface area contributed by atoms with Gasteiger partial charge in [-0.25, -0.2) is 17.6 Å². The zero-order valence-electron chi connectivity index (χ0n) is 17.3. The Morgan fingerprint density at radius 2 is 1.27 bits per heavy atom. The summed E-state index contributed by atoms with van der Waals surface area (Å²) in [7, 11) is -3.90. The van der Waals surface area contributed by atoms with Crippen LogP contribution in [0.5, 0.6) is 0 Å². The standard InChI is InChI=1S/C25H20FN3O3S/c26-20-14-12-18(13-15-20)19-6-4-11-24(16-19)33(31,32)29-23-10-5-9-22(17-23)28-25(30)27-21-7-2-1-3-8-21/h1-17,29H,(H2,27,28,30). The highest BCUT2D eigenvalue weighted by molar-refractivity contribution is 7.92. The van der Waals surface area contributed by atoms with E-state index in [1.165, 1.54) is 30.3 Å². The molecule has 0 saturated carbocycles. The summed E-state index contributed by atoms with van der Waals surface area (Å²) >= 11 is 0. The number of halogens is 1. The van der Waals surface area contributed by atoms with Gasteiger partial charge in [-0.1, -0.05) is 48.5 Å². The van der Waals surface area contributed by atoms with Gasteiger partial charge in [-0.05, 0) is 65.7 Å². The Balaban J connectivity index is 1.49. The van der Waals surface area contributed by atoms with Gasteiger partial charge in [-0.15, -0.1) is 0 Å². The topological polar surface area (TPSA) is 87.3 Å². The first kappa shape index (κ1) is 22.0. The number of para-hydroxylation sites is 1. The zero-order chi connectivity index (χ0) is 23.3. The van der Waals surface area contributed by atoms with Gasteiger partial charge in [0.15, 0.2) is 0 Å². The number of hydrogen-bond acceptors (Lipinski definition) is 3. The molecule has 0 radical (unpaired) electrons.